The summed E-state index contributed by atoms with van der Waals surface area (Å²) < 4.78 is 12.8. The highest BCUT2D eigenvalue weighted by Crippen LogP contribution is 2.37. The Labute approximate surface area is 120 Å². The van der Waals surface area contributed by atoms with Gasteiger partial charge in [-0.05, 0) is 48.3 Å². The molecule has 0 aliphatic rings. The van der Waals surface area contributed by atoms with Crippen molar-refractivity contribution in [2.24, 2.45) is 5.41 Å². The third-order valence-corrected chi connectivity index (χ3v) is 5.29. The van der Waals surface area contributed by atoms with Crippen LogP contribution >= 0.6 is 24.4 Å². The number of hydrogen-bond donors (Lipinski definition) is 1. The Bertz CT molecular complexity index is 329. The smallest absolute Gasteiger partial charge is 0.123 e. The molecule has 0 saturated carbocycles. The van der Waals surface area contributed by atoms with Gasteiger partial charge >= 0.3 is 0 Å². The van der Waals surface area contributed by atoms with Crippen LogP contribution in [0, 0.1) is 11.2 Å². The largest absolute Gasteiger partial charge is 0.207 e. The van der Waals surface area contributed by atoms with Crippen LogP contribution in [-0.2, 0) is 0 Å². The molecule has 0 aliphatic heterocycles. The van der Waals surface area contributed by atoms with E-state index >= 15 is 0 Å². The van der Waals surface area contributed by atoms with E-state index in [4.69, 9.17) is 0 Å². The second kappa shape index (κ2) is 8.11. The lowest BCUT2D eigenvalue weighted by Crippen LogP contribution is -2.25. The molecule has 18 heavy (non-hydrogen) atoms. The fourth-order valence-corrected chi connectivity index (χ4v) is 4.07. The van der Waals surface area contributed by atoms with Crippen molar-refractivity contribution in [3.8, 4) is 0 Å². The predicted octanol–water partition coefficient (Wildman–Crippen LogP) is 5.43. The average Bonchev–Trinajstić information content (AvgIpc) is 2.38. The van der Waals surface area contributed by atoms with Gasteiger partial charge in [0.2, 0.25) is 0 Å². The maximum Gasteiger partial charge on any atom is 0.123 e. The zero-order valence-corrected chi connectivity index (χ0v) is 13.0. The second-order valence-corrected chi connectivity index (χ2v) is 6.27. The Kier molecular flexibility index (Phi) is 7.16. The first-order valence-electron chi connectivity index (χ1n) is 6.65. The first kappa shape index (κ1) is 15.9. The van der Waals surface area contributed by atoms with Gasteiger partial charge in [-0.2, -0.15) is 12.6 Å². The summed E-state index contributed by atoms with van der Waals surface area (Å²) in [5, 5.41) is 0. The molecule has 0 radical (unpaired) electrons. The molecule has 0 fully saturated rings. The topological polar surface area (TPSA) is 0 Å². The minimum Gasteiger partial charge on any atom is -0.207 e. The van der Waals surface area contributed by atoms with E-state index in [1.807, 2.05) is 23.9 Å². The highest BCUT2D eigenvalue weighted by molar-refractivity contribution is 7.99. The highest BCUT2D eigenvalue weighted by atomic mass is 32.2. The molecule has 0 aromatic heterocycles. The fraction of sp³-hybridized carbons (Fsp3) is 0.600. The van der Waals surface area contributed by atoms with Gasteiger partial charge in [0.1, 0.15) is 5.82 Å². The van der Waals surface area contributed by atoms with Crippen molar-refractivity contribution in [3.63, 3.8) is 0 Å². The quantitative estimate of drug-likeness (QED) is 0.491. The zero-order valence-electron chi connectivity index (χ0n) is 11.3. The van der Waals surface area contributed by atoms with Gasteiger partial charge in [-0.3, -0.25) is 0 Å². The van der Waals surface area contributed by atoms with Gasteiger partial charge in [-0.15, -0.1) is 11.8 Å². The summed E-state index contributed by atoms with van der Waals surface area (Å²) in [7, 11) is 0. The van der Waals surface area contributed by atoms with Crippen LogP contribution in [-0.4, -0.2) is 11.5 Å². The van der Waals surface area contributed by atoms with Crippen LogP contribution in [0.4, 0.5) is 4.39 Å². The van der Waals surface area contributed by atoms with Crippen molar-refractivity contribution in [1.29, 1.82) is 0 Å². The van der Waals surface area contributed by atoms with Crippen molar-refractivity contribution in [3.05, 3.63) is 30.1 Å². The SMILES string of the molecule is CCCC(CS)(CCC)CSc1ccc(F)cc1. The maximum absolute atomic E-state index is 12.8. The zero-order chi connectivity index (χ0) is 13.4. The summed E-state index contributed by atoms with van der Waals surface area (Å²) in [4.78, 5) is 1.15. The second-order valence-electron chi connectivity index (χ2n) is 4.90. The van der Waals surface area contributed by atoms with Crippen molar-refractivity contribution >= 4 is 24.4 Å². The molecule has 0 unspecified atom stereocenters. The molecule has 102 valence electrons. The molecule has 0 spiro atoms. The summed E-state index contributed by atoms with van der Waals surface area (Å²) in [6.45, 7) is 4.47. The van der Waals surface area contributed by atoms with E-state index in [1.54, 1.807) is 0 Å². The Hall–Kier alpha value is -0.150. The van der Waals surface area contributed by atoms with Crippen molar-refractivity contribution in [2.45, 2.75) is 44.4 Å². The Morgan fingerprint density at radius 1 is 1.11 bits per heavy atom. The van der Waals surface area contributed by atoms with Gasteiger partial charge in [0.15, 0.2) is 0 Å². The molecule has 1 rings (SSSR count). The third-order valence-electron chi connectivity index (χ3n) is 3.25. The monoisotopic (exact) mass is 286 g/mol. The molecule has 1 aromatic rings. The van der Waals surface area contributed by atoms with Gasteiger partial charge in [-0.1, -0.05) is 26.7 Å². The van der Waals surface area contributed by atoms with Crippen LogP contribution < -0.4 is 0 Å². The number of benzene rings is 1. The van der Waals surface area contributed by atoms with Crippen molar-refractivity contribution in [2.75, 3.05) is 11.5 Å². The Morgan fingerprint density at radius 3 is 2.11 bits per heavy atom. The molecule has 0 bridgehead atoms. The van der Waals surface area contributed by atoms with Gasteiger partial charge in [-0.25, -0.2) is 4.39 Å². The predicted molar refractivity (Wildman–Crippen MR) is 83.2 cm³/mol. The van der Waals surface area contributed by atoms with E-state index in [0.717, 1.165) is 16.4 Å². The molecule has 0 nitrogen and oxygen atoms in total. The Morgan fingerprint density at radius 2 is 1.67 bits per heavy atom. The minimum atomic E-state index is -0.165. The average molecular weight is 286 g/mol. The molecular formula is C15H23FS2. The van der Waals surface area contributed by atoms with Crippen LogP contribution in [0.15, 0.2) is 29.2 Å². The summed E-state index contributed by atoms with van der Waals surface area (Å²) in [5.74, 6) is 1.84. The van der Waals surface area contributed by atoms with Crippen LogP contribution in [0.5, 0.6) is 0 Å². The van der Waals surface area contributed by atoms with E-state index < -0.39 is 0 Å². The molecule has 0 saturated heterocycles. The van der Waals surface area contributed by atoms with E-state index in [1.165, 1.54) is 37.8 Å². The van der Waals surface area contributed by atoms with Crippen LogP contribution in [0.2, 0.25) is 0 Å². The number of rotatable bonds is 8. The first-order valence-corrected chi connectivity index (χ1v) is 8.27. The summed E-state index contributed by atoms with van der Waals surface area (Å²) in [6.07, 6.45) is 4.84. The normalized spacial score (nSPS) is 11.8. The summed E-state index contributed by atoms with van der Waals surface area (Å²) in [5.41, 5.74) is 0.325. The summed E-state index contributed by atoms with van der Waals surface area (Å²) >= 11 is 6.38. The first-order chi connectivity index (χ1) is 8.65. The van der Waals surface area contributed by atoms with Gasteiger partial charge in [0, 0.05) is 10.6 Å². The standard InChI is InChI=1S/C15H23FS2/c1-3-9-15(11-17,10-4-2)12-18-14-7-5-13(16)6-8-14/h5-8,17H,3-4,9-12H2,1-2H3. The van der Waals surface area contributed by atoms with Gasteiger partial charge in [0.05, 0.1) is 0 Å². The molecule has 0 N–H and O–H groups in total. The molecule has 3 heteroatoms. The number of halogens is 1. The lowest BCUT2D eigenvalue weighted by molar-refractivity contribution is 0.318. The lowest BCUT2D eigenvalue weighted by atomic mass is 9.83. The number of thioether (sulfide) groups is 1. The molecule has 1 aromatic carbocycles. The molecular weight excluding hydrogens is 263 g/mol. The lowest BCUT2D eigenvalue weighted by Gasteiger charge is -2.31. The molecule has 0 heterocycles. The molecule has 0 atom stereocenters. The molecule has 0 aliphatic carbocycles. The van der Waals surface area contributed by atoms with Gasteiger partial charge in [0.25, 0.3) is 0 Å². The fourth-order valence-electron chi connectivity index (χ4n) is 2.30. The summed E-state index contributed by atoms with van der Waals surface area (Å²) in [6, 6.07) is 6.79. The number of hydrogen-bond acceptors (Lipinski definition) is 2. The van der Waals surface area contributed by atoms with E-state index in [0.29, 0.717) is 5.41 Å². The maximum atomic E-state index is 12.8. The minimum absolute atomic E-state index is 0.165. The highest BCUT2D eigenvalue weighted by Gasteiger charge is 2.26. The number of thiol groups is 1. The van der Waals surface area contributed by atoms with E-state index in [9.17, 15) is 4.39 Å². The molecule has 0 amide bonds. The van der Waals surface area contributed by atoms with Crippen LogP contribution in [0.3, 0.4) is 0 Å². The third kappa shape index (κ3) is 4.85. The van der Waals surface area contributed by atoms with Crippen molar-refractivity contribution in [1.82, 2.24) is 0 Å². The Balaban J connectivity index is 2.63. The van der Waals surface area contributed by atoms with E-state index in [-0.39, 0.29) is 5.82 Å². The van der Waals surface area contributed by atoms with Crippen molar-refractivity contribution < 1.29 is 4.39 Å². The van der Waals surface area contributed by atoms with E-state index in [2.05, 4.69) is 26.5 Å². The van der Waals surface area contributed by atoms with Gasteiger partial charge < -0.3 is 0 Å². The van der Waals surface area contributed by atoms with Crippen LogP contribution in [0.1, 0.15) is 39.5 Å². The van der Waals surface area contributed by atoms with Crippen LogP contribution in [0.25, 0.3) is 0 Å².